The number of aryl methyl sites for hydroxylation is 1. The largest absolute Gasteiger partial charge is 0.516 e. The summed E-state index contributed by atoms with van der Waals surface area (Å²) in [7, 11) is -5.64. The van der Waals surface area contributed by atoms with Gasteiger partial charge in [-0.1, -0.05) is 18.2 Å². The van der Waals surface area contributed by atoms with Gasteiger partial charge in [-0.15, -0.1) is 0 Å². The average molecular weight is 611 g/mol. The van der Waals surface area contributed by atoms with Crippen LogP contribution in [0, 0.1) is 12.8 Å². The highest BCUT2D eigenvalue weighted by molar-refractivity contribution is 9.10. The van der Waals surface area contributed by atoms with Crippen LogP contribution in [0.25, 0.3) is 22.3 Å². The molecule has 1 aliphatic carbocycles. The molecule has 1 amide bonds. The number of hydrogen-bond acceptors (Lipinski definition) is 5. The minimum Gasteiger partial charge on any atom is -0.455 e. The summed E-state index contributed by atoms with van der Waals surface area (Å²) in [4.78, 5) is 16.8. The lowest BCUT2D eigenvalue weighted by Gasteiger charge is -2.13. The van der Waals surface area contributed by atoms with Crippen molar-refractivity contribution in [2.24, 2.45) is 11.7 Å². The van der Waals surface area contributed by atoms with Gasteiger partial charge in [0.25, 0.3) is 5.91 Å². The second-order valence-corrected chi connectivity index (χ2v) is 11.7. The van der Waals surface area contributed by atoms with E-state index in [-0.39, 0.29) is 17.0 Å². The number of benzene rings is 2. The Morgan fingerprint density at radius 1 is 1.24 bits per heavy atom. The van der Waals surface area contributed by atoms with E-state index in [1.807, 2.05) is 10.6 Å². The SMILES string of the molecule is Cc1nc(CC2CC2)n(Cc2ccc3oc(-c4ccccc4NS(=O)(=O)C(F)(F)F)c(Br)c3c2)c1C(N)=O. The number of carbonyl (C=O) groups is 1. The molecule has 2 aromatic heterocycles. The molecule has 2 aromatic carbocycles. The molecule has 2 heterocycles. The minimum absolute atomic E-state index is 0.123. The fraction of sp³-hybridized carbons (Fsp3) is 0.280. The lowest BCUT2D eigenvalue weighted by Crippen LogP contribution is -2.30. The first-order chi connectivity index (χ1) is 17.9. The molecule has 0 atom stereocenters. The minimum atomic E-state index is -5.64. The van der Waals surface area contributed by atoms with Gasteiger partial charge in [-0.3, -0.25) is 9.52 Å². The summed E-state index contributed by atoms with van der Waals surface area (Å²) in [5, 5.41) is 0.618. The van der Waals surface area contributed by atoms with Crippen LogP contribution in [0.3, 0.4) is 0 Å². The molecule has 0 radical (unpaired) electrons. The van der Waals surface area contributed by atoms with Gasteiger partial charge >= 0.3 is 15.5 Å². The summed E-state index contributed by atoms with van der Waals surface area (Å²) in [5.74, 6) is 0.919. The summed E-state index contributed by atoms with van der Waals surface area (Å²) in [6, 6.07) is 11.0. The van der Waals surface area contributed by atoms with Gasteiger partial charge in [0.1, 0.15) is 17.1 Å². The van der Waals surface area contributed by atoms with Crippen LogP contribution < -0.4 is 10.5 Å². The molecular formula is C25H22BrF3N4O4S. The van der Waals surface area contributed by atoms with Crippen LogP contribution in [0.2, 0.25) is 0 Å². The Balaban J connectivity index is 1.53. The molecule has 0 aliphatic heterocycles. The molecule has 1 aliphatic rings. The van der Waals surface area contributed by atoms with Crippen LogP contribution in [-0.4, -0.2) is 29.4 Å². The molecule has 0 spiro atoms. The maximum Gasteiger partial charge on any atom is 0.516 e. The number of alkyl halides is 3. The Morgan fingerprint density at radius 2 is 1.95 bits per heavy atom. The molecule has 4 aromatic rings. The van der Waals surface area contributed by atoms with Crippen molar-refractivity contribution in [1.29, 1.82) is 0 Å². The van der Waals surface area contributed by atoms with Gasteiger partial charge < -0.3 is 14.7 Å². The zero-order valence-corrected chi connectivity index (χ0v) is 22.4. The van der Waals surface area contributed by atoms with Crippen LogP contribution in [-0.2, 0) is 23.0 Å². The molecule has 0 saturated heterocycles. The van der Waals surface area contributed by atoms with E-state index in [1.165, 1.54) is 18.2 Å². The number of furan rings is 1. The number of para-hydroxylation sites is 1. The number of nitrogens with two attached hydrogens (primary N) is 1. The average Bonchev–Trinajstić information content (AvgIpc) is 3.52. The first-order valence-corrected chi connectivity index (χ1v) is 13.9. The second kappa shape index (κ2) is 9.45. The van der Waals surface area contributed by atoms with Crippen molar-refractivity contribution in [3.05, 3.63) is 69.7 Å². The third kappa shape index (κ3) is 4.92. The van der Waals surface area contributed by atoms with Crippen LogP contribution in [0.15, 0.2) is 51.4 Å². The number of hydrogen-bond donors (Lipinski definition) is 2. The van der Waals surface area contributed by atoms with E-state index in [4.69, 9.17) is 10.2 Å². The highest BCUT2D eigenvalue weighted by atomic mass is 79.9. The predicted molar refractivity (Wildman–Crippen MR) is 139 cm³/mol. The predicted octanol–water partition coefficient (Wildman–Crippen LogP) is 5.73. The van der Waals surface area contributed by atoms with Gasteiger partial charge in [-0.05, 0) is 71.4 Å². The number of fused-ring (bicyclic) bond motifs is 1. The Bertz CT molecular complexity index is 1670. The Morgan fingerprint density at radius 3 is 2.61 bits per heavy atom. The number of carbonyl (C=O) groups excluding carboxylic acids is 1. The molecule has 8 nitrogen and oxygen atoms in total. The third-order valence-electron chi connectivity index (χ3n) is 6.38. The molecule has 3 N–H and O–H groups in total. The molecule has 200 valence electrons. The Hall–Kier alpha value is -3.32. The van der Waals surface area contributed by atoms with Crippen LogP contribution >= 0.6 is 15.9 Å². The molecule has 0 unspecified atom stereocenters. The lowest BCUT2D eigenvalue weighted by atomic mass is 10.1. The van der Waals surface area contributed by atoms with Gasteiger partial charge in [0, 0.05) is 23.9 Å². The number of halogens is 4. The fourth-order valence-electron chi connectivity index (χ4n) is 4.39. The zero-order valence-electron chi connectivity index (χ0n) is 20.0. The lowest BCUT2D eigenvalue weighted by molar-refractivity contribution is -0.0429. The molecule has 0 bridgehead atoms. The number of nitrogens with zero attached hydrogens (tertiary/aromatic N) is 2. The summed E-state index contributed by atoms with van der Waals surface area (Å²) in [6.45, 7) is 2.08. The van der Waals surface area contributed by atoms with Crippen LogP contribution in [0.5, 0.6) is 0 Å². The zero-order chi connectivity index (χ0) is 27.4. The van der Waals surface area contributed by atoms with Crippen molar-refractivity contribution < 1.29 is 30.8 Å². The smallest absolute Gasteiger partial charge is 0.455 e. The van der Waals surface area contributed by atoms with E-state index in [0.717, 1.165) is 30.7 Å². The van der Waals surface area contributed by atoms with Crippen molar-refractivity contribution in [2.75, 3.05) is 4.72 Å². The van der Waals surface area contributed by atoms with Crippen LogP contribution in [0.1, 0.15) is 40.4 Å². The van der Waals surface area contributed by atoms with Crippen LogP contribution in [0.4, 0.5) is 18.9 Å². The number of primary amides is 1. The molecule has 1 saturated carbocycles. The molecule has 1 fully saturated rings. The second-order valence-electron chi connectivity index (χ2n) is 9.23. The van der Waals surface area contributed by atoms with Crippen molar-refractivity contribution in [2.45, 2.75) is 38.2 Å². The number of amides is 1. The topological polar surface area (TPSA) is 120 Å². The monoisotopic (exact) mass is 610 g/mol. The van der Waals surface area contributed by atoms with E-state index in [0.29, 0.717) is 39.3 Å². The summed E-state index contributed by atoms with van der Waals surface area (Å²) in [6.07, 6.45) is 2.99. The van der Waals surface area contributed by atoms with Crippen molar-refractivity contribution in [3.8, 4) is 11.3 Å². The van der Waals surface area contributed by atoms with E-state index >= 15 is 0 Å². The van der Waals surface area contributed by atoms with Gasteiger partial charge in [0.05, 0.1) is 15.9 Å². The summed E-state index contributed by atoms with van der Waals surface area (Å²) < 4.78 is 72.2. The standard InChI is InChI=1S/C25H22BrF3N4O4S/c1-13-22(24(30)34)33(20(31-13)11-14-6-7-14)12-15-8-9-19-17(10-15)21(26)23(37-19)16-4-2-3-5-18(16)32-38(35,36)25(27,28)29/h2-5,8-10,14,32H,6-7,11-12H2,1H3,(H2,30,34). The number of rotatable bonds is 8. The summed E-state index contributed by atoms with van der Waals surface area (Å²) >= 11 is 3.47. The number of sulfonamides is 1. The van der Waals surface area contributed by atoms with Crippen molar-refractivity contribution in [1.82, 2.24) is 9.55 Å². The molecule has 5 rings (SSSR count). The number of aromatic nitrogens is 2. The Labute approximate surface area is 224 Å². The van der Waals surface area contributed by atoms with Crippen molar-refractivity contribution >= 4 is 48.5 Å². The molecule has 38 heavy (non-hydrogen) atoms. The highest BCUT2D eigenvalue weighted by Crippen LogP contribution is 2.42. The quantitative estimate of drug-likeness (QED) is 0.264. The third-order valence-corrected chi connectivity index (χ3v) is 8.26. The van der Waals surface area contributed by atoms with Gasteiger partial charge in [0.2, 0.25) is 0 Å². The van der Waals surface area contributed by atoms with E-state index in [1.54, 1.807) is 29.8 Å². The maximum absolute atomic E-state index is 13.0. The number of imidazole rings is 1. The normalized spacial score (nSPS) is 14.2. The van der Waals surface area contributed by atoms with Gasteiger partial charge in [-0.25, -0.2) is 4.98 Å². The Kier molecular flexibility index (Phi) is 6.54. The van der Waals surface area contributed by atoms with Gasteiger partial charge in [-0.2, -0.15) is 21.6 Å². The molecular weight excluding hydrogens is 589 g/mol. The fourth-order valence-corrected chi connectivity index (χ4v) is 5.58. The van der Waals surface area contributed by atoms with E-state index in [9.17, 15) is 26.4 Å². The first-order valence-electron chi connectivity index (χ1n) is 11.6. The first kappa shape index (κ1) is 26.3. The maximum atomic E-state index is 13.0. The van der Waals surface area contributed by atoms with Crippen molar-refractivity contribution in [3.63, 3.8) is 0 Å². The summed E-state index contributed by atoms with van der Waals surface area (Å²) in [5.41, 5.74) is 2.17. The van der Waals surface area contributed by atoms with Gasteiger partial charge in [0.15, 0.2) is 5.76 Å². The highest BCUT2D eigenvalue weighted by Gasteiger charge is 2.46. The molecule has 13 heteroatoms. The number of anilines is 1. The van der Waals surface area contributed by atoms with E-state index < -0.39 is 21.4 Å². The van der Waals surface area contributed by atoms with E-state index in [2.05, 4.69) is 20.9 Å². The number of nitrogens with one attached hydrogen (secondary N) is 1.